The highest BCUT2D eigenvalue weighted by Gasteiger charge is 2.43. The zero-order valence-electron chi connectivity index (χ0n) is 27.3. The van der Waals surface area contributed by atoms with Crippen molar-refractivity contribution in [1.82, 2.24) is 19.4 Å². The predicted octanol–water partition coefficient (Wildman–Crippen LogP) is 7.06. The van der Waals surface area contributed by atoms with Gasteiger partial charge in [-0.2, -0.15) is 5.26 Å². The zero-order chi connectivity index (χ0) is 33.6. The molecule has 0 aliphatic carbocycles. The number of para-hydroxylation sites is 1. The molecule has 0 saturated carbocycles. The number of nitriles is 1. The van der Waals surface area contributed by atoms with Gasteiger partial charge in [-0.3, -0.25) is 4.90 Å². The average Bonchev–Trinajstić information content (AvgIpc) is 3.78. The van der Waals surface area contributed by atoms with E-state index in [2.05, 4.69) is 20.5 Å². The SMILES string of the molecule is CC(C)(C)OC(=O)c1ccc2nc(CN3CCC(c4cccc5c4OC(C)(c4ccc(C#N)cc4F)O5)CC3)n(Cc3ncco3)c2c1. The van der Waals surface area contributed by atoms with Gasteiger partial charge in [0.2, 0.25) is 5.89 Å². The molecule has 2 aliphatic heterocycles. The normalized spacial score (nSPS) is 18.2. The molecular weight excluding hydrogens is 613 g/mol. The van der Waals surface area contributed by atoms with Crippen molar-refractivity contribution in [3.05, 3.63) is 107 Å². The molecule has 2 aliphatic rings. The third kappa shape index (κ3) is 6.11. The number of hydrogen-bond donors (Lipinski definition) is 0. The van der Waals surface area contributed by atoms with Gasteiger partial charge in [0.15, 0.2) is 11.5 Å². The lowest BCUT2D eigenvalue weighted by atomic mass is 9.88. The van der Waals surface area contributed by atoms with E-state index in [9.17, 15) is 9.18 Å². The van der Waals surface area contributed by atoms with Crippen LogP contribution in [0.1, 0.15) is 85.2 Å². The van der Waals surface area contributed by atoms with Crippen LogP contribution in [0.4, 0.5) is 4.39 Å². The molecule has 0 radical (unpaired) electrons. The number of nitrogens with zero attached hydrogens (tertiary/aromatic N) is 5. The fraction of sp³-hybridized carbons (Fsp3) is 0.351. The second-order valence-corrected chi connectivity index (χ2v) is 13.4. The molecule has 1 unspecified atom stereocenters. The molecule has 246 valence electrons. The van der Waals surface area contributed by atoms with E-state index in [0.717, 1.165) is 48.4 Å². The summed E-state index contributed by atoms with van der Waals surface area (Å²) in [5.41, 5.74) is 2.95. The van der Waals surface area contributed by atoms with Crippen LogP contribution in [0, 0.1) is 17.1 Å². The molecule has 1 atom stereocenters. The van der Waals surface area contributed by atoms with Crippen molar-refractivity contribution in [3.8, 4) is 17.6 Å². The van der Waals surface area contributed by atoms with Crippen LogP contribution in [0.5, 0.6) is 11.5 Å². The van der Waals surface area contributed by atoms with Crippen LogP contribution in [-0.2, 0) is 23.6 Å². The highest BCUT2D eigenvalue weighted by Crippen LogP contribution is 2.49. The first-order valence-electron chi connectivity index (χ1n) is 16.0. The third-order valence-electron chi connectivity index (χ3n) is 8.83. The van der Waals surface area contributed by atoms with Crippen molar-refractivity contribution in [2.24, 2.45) is 0 Å². The Hall–Kier alpha value is -5.21. The Balaban J connectivity index is 1.09. The fourth-order valence-electron chi connectivity index (χ4n) is 6.53. The van der Waals surface area contributed by atoms with Crippen molar-refractivity contribution in [1.29, 1.82) is 5.26 Å². The minimum atomic E-state index is -1.34. The zero-order valence-corrected chi connectivity index (χ0v) is 27.3. The molecule has 3 aromatic carbocycles. The van der Waals surface area contributed by atoms with E-state index >= 15 is 0 Å². The number of imidazole rings is 1. The monoisotopic (exact) mass is 649 g/mol. The lowest BCUT2D eigenvalue weighted by molar-refractivity contribution is -0.0712. The summed E-state index contributed by atoms with van der Waals surface area (Å²) in [6.07, 6.45) is 4.92. The summed E-state index contributed by atoms with van der Waals surface area (Å²) in [5.74, 6) is 0.543. The molecule has 7 rings (SSSR count). The third-order valence-corrected chi connectivity index (χ3v) is 8.83. The number of hydrogen-bond acceptors (Lipinski definition) is 9. The number of oxazole rings is 1. The molecule has 5 aromatic rings. The molecule has 0 amide bonds. The number of rotatable bonds is 7. The smallest absolute Gasteiger partial charge is 0.338 e. The molecule has 1 fully saturated rings. The summed E-state index contributed by atoms with van der Waals surface area (Å²) < 4.78 is 40.8. The number of ether oxygens (including phenoxy) is 3. The maximum Gasteiger partial charge on any atom is 0.338 e. The molecule has 10 nitrogen and oxygen atoms in total. The van der Waals surface area contributed by atoms with Crippen molar-refractivity contribution in [3.63, 3.8) is 0 Å². The van der Waals surface area contributed by atoms with Crippen molar-refractivity contribution in [2.45, 2.75) is 70.9 Å². The first-order valence-corrected chi connectivity index (χ1v) is 16.0. The summed E-state index contributed by atoms with van der Waals surface area (Å²) in [7, 11) is 0. The number of carbonyl (C=O) groups excluding carboxylic acids is 1. The molecule has 48 heavy (non-hydrogen) atoms. The summed E-state index contributed by atoms with van der Waals surface area (Å²) >= 11 is 0. The Morgan fingerprint density at radius 3 is 2.62 bits per heavy atom. The lowest BCUT2D eigenvalue weighted by Gasteiger charge is -2.32. The van der Waals surface area contributed by atoms with Crippen LogP contribution in [-0.4, -0.2) is 44.1 Å². The highest BCUT2D eigenvalue weighted by atomic mass is 19.1. The van der Waals surface area contributed by atoms with Crippen LogP contribution in [0.15, 0.2) is 71.5 Å². The molecule has 1 saturated heterocycles. The standard InChI is InChI=1S/C37H36FN5O5/c1-36(2,3)48-35(44)25-9-11-29-30(19-25)43(22-33-40-14-17-45-33)32(41-29)21-42-15-12-24(13-16-42)26-6-5-7-31-34(26)47-37(4,46-31)27-10-8-23(20-39)18-28(27)38/h5-11,14,17-19,24H,12-13,15-16,21-22H2,1-4H3. The molecule has 0 spiro atoms. The predicted molar refractivity (Wildman–Crippen MR) is 174 cm³/mol. The van der Waals surface area contributed by atoms with Gasteiger partial charge in [-0.05, 0) is 95.1 Å². The Morgan fingerprint density at radius 2 is 1.92 bits per heavy atom. The number of fused-ring (bicyclic) bond motifs is 2. The summed E-state index contributed by atoms with van der Waals surface area (Å²) in [5, 5.41) is 9.15. The van der Waals surface area contributed by atoms with Gasteiger partial charge in [-0.15, -0.1) is 0 Å². The van der Waals surface area contributed by atoms with Gasteiger partial charge in [-0.25, -0.2) is 19.2 Å². The van der Waals surface area contributed by atoms with Crippen LogP contribution >= 0.6 is 0 Å². The summed E-state index contributed by atoms with van der Waals surface area (Å²) in [4.78, 5) is 24.6. The van der Waals surface area contributed by atoms with E-state index in [0.29, 0.717) is 36.0 Å². The van der Waals surface area contributed by atoms with Gasteiger partial charge < -0.3 is 23.2 Å². The molecule has 2 aromatic heterocycles. The van der Waals surface area contributed by atoms with Gasteiger partial charge in [0, 0.05) is 12.5 Å². The average molecular weight is 650 g/mol. The molecular formula is C37H36FN5O5. The quantitative estimate of drug-likeness (QED) is 0.171. The van der Waals surface area contributed by atoms with Crippen LogP contribution in [0.25, 0.3) is 11.0 Å². The van der Waals surface area contributed by atoms with Crippen molar-refractivity contribution >= 4 is 17.0 Å². The van der Waals surface area contributed by atoms with E-state index in [-0.39, 0.29) is 23.0 Å². The van der Waals surface area contributed by atoms with E-state index < -0.39 is 17.2 Å². The first-order chi connectivity index (χ1) is 23.0. The number of piperidine rings is 1. The molecule has 0 bridgehead atoms. The minimum absolute atomic E-state index is 0.218. The number of likely N-dealkylation sites (tertiary alicyclic amines) is 1. The Morgan fingerprint density at radius 1 is 1.10 bits per heavy atom. The fourth-order valence-corrected chi connectivity index (χ4v) is 6.53. The largest absolute Gasteiger partial charge is 0.456 e. The Kier molecular flexibility index (Phi) is 7.92. The summed E-state index contributed by atoms with van der Waals surface area (Å²) in [6, 6.07) is 17.5. The second-order valence-electron chi connectivity index (χ2n) is 13.4. The summed E-state index contributed by atoms with van der Waals surface area (Å²) in [6.45, 7) is 9.86. The van der Waals surface area contributed by atoms with Crippen molar-refractivity contribution < 1.29 is 27.8 Å². The number of carbonyl (C=O) groups is 1. The van der Waals surface area contributed by atoms with E-state index in [4.69, 9.17) is 28.9 Å². The van der Waals surface area contributed by atoms with Crippen molar-refractivity contribution in [2.75, 3.05) is 13.1 Å². The van der Waals surface area contributed by atoms with Gasteiger partial charge >= 0.3 is 5.97 Å². The minimum Gasteiger partial charge on any atom is -0.456 e. The number of halogens is 1. The maximum atomic E-state index is 15.0. The number of esters is 1. The van der Waals surface area contributed by atoms with E-state index in [1.807, 2.05) is 51.1 Å². The highest BCUT2D eigenvalue weighted by molar-refractivity contribution is 5.94. The topological polar surface area (TPSA) is 116 Å². The second kappa shape index (κ2) is 12.1. The number of aromatic nitrogens is 3. The van der Waals surface area contributed by atoms with Crippen LogP contribution < -0.4 is 9.47 Å². The first kappa shape index (κ1) is 31.4. The van der Waals surface area contributed by atoms with Gasteiger partial charge in [0.1, 0.15) is 30.1 Å². The molecule has 11 heteroatoms. The maximum absolute atomic E-state index is 15.0. The Labute approximate surface area is 277 Å². The Bertz CT molecular complexity index is 2040. The van der Waals surface area contributed by atoms with Crippen LogP contribution in [0.3, 0.4) is 0 Å². The van der Waals surface area contributed by atoms with Crippen LogP contribution in [0.2, 0.25) is 0 Å². The van der Waals surface area contributed by atoms with Gasteiger partial charge in [0.05, 0.1) is 46.5 Å². The van der Waals surface area contributed by atoms with Gasteiger partial charge in [-0.1, -0.05) is 12.1 Å². The number of benzene rings is 3. The van der Waals surface area contributed by atoms with E-state index in [1.54, 1.807) is 37.6 Å². The lowest BCUT2D eigenvalue weighted by Crippen LogP contribution is -2.34. The molecule has 4 heterocycles. The van der Waals surface area contributed by atoms with E-state index in [1.165, 1.54) is 6.07 Å². The molecule has 0 N–H and O–H groups in total. The van der Waals surface area contributed by atoms with Gasteiger partial charge in [0.25, 0.3) is 5.79 Å².